The van der Waals surface area contributed by atoms with Crippen molar-refractivity contribution in [1.29, 1.82) is 0 Å². The first-order chi connectivity index (χ1) is 9.49. The molecular formula is C14H16N4O2. The predicted molar refractivity (Wildman–Crippen MR) is 75.8 cm³/mol. The Balaban J connectivity index is 2.44. The molecule has 6 nitrogen and oxygen atoms in total. The van der Waals surface area contributed by atoms with Crippen LogP contribution < -0.4 is 4.74 Å². The van der Waals surface area contributed by atoms with Crippen molar-refractivity contribution < 1.29 is 9.84 Å². The fourth-order valence-electron chi connectivity index (χ4n) is 1.73. The Hall–Kier alpha value is -2.50. The van der Waals surface area contributed by atoms with E-state index in [9.17, 15) is 5.11 Å². The molecule has 0 amide bonds. The number of methoxy groups -OCH3 is 1. The molecule has 0 atom stereocenters. The van der Waals surface area contributed by atoms with Crippen molar-refractivity contribution in [2.24, 2.45) is 4.99 Å². The molecule has 2 rings (SSSR count). The molecule has 0 spiro atoms. The molecule has 0 aliphatic carbocycles. The Kier molecular flexibility index (Phi) is 3.93. The number of aliphatic imine (C=N–C) groups is 1. The van der Waals surface area contributed by atoms with Crippen molar-refractivity contribution in [3.63, 3.8) is 0 Å². The van der Waals surface area contributed by atoms with Gasteiger partial charge in [0.05, 0.1) is 12.8 Å². The average molecular weight is 272 g/mol. The first-order valence-electron chi connectivity index (χ1n) is 6.11. The lowest BCUT2D eigenvalue weighted by Gasteiger charge is -2.05. The normalized spacial score (nSPS) is 11.5. The highest BCUT2D eigenvalue weighted by Gasteiger charge is 2.08. The summed E-state index contributed by atoms with van der Waals surface area (Å²) in [5.41, 5.74) is 2.32. The van der Waals surface area contributed by atoms with E-state index in [4.69, 9.17) is 4.74 Å². The summed E-state index contributed by atoms with van der Waals surface area (Å²) in [4.78, 5) is 16.5. The van der Waals surface area contributed by atoms with Gasteiger partial charge in [0.1, 0.15) is 11.6 Å². The van der Waals surface area contributed by atoms with Crippen molar-refractivity contribution in [3.05, 3.63) is 35.2 Å². The molecule has 1 aromatic carbocycles. The van der Waals surface area contributed by atoms with E-state index in [1.807, 2.05) is 19.1 Å². The van der Waals surface area contributed by atoms with Crippen molar-refractivity contribution in [2.45, 2.75) is 20.8 Å². The molecule has 0 saturated heterocycles. The molecule has 0 radical (unpaired) electrons. The second-order valence-electron chi connectivity index (χ2n) is 4.39. The van der Waals surface area contributed by atoms with E-state index in [1.165, 1.54) is 7.11 Å². The Labute approximate surface area is 117 Å². The second kappa shape index (κ2) is 5.64. The van der Waals surface area contributed by atoms with E-state index >= 15 is 0 Å². The summed E-state index contributed by atoms with van der Waals surface area (Å²) >= 11 is 0. The Bertz CT molecular complexity index is 668. The van der Waals surface area contributed by atoms with E-state index < -0.39 is 0 Å². The van der Waals surface area contributed by atoms with Crippen LogP contribution in [0.15, 0.2) is 23.2 Å². The highest BCUT2D eigenvalue weighted by molar-refractivity contribution is 6.02. The molecular weight excluding hydrogens is 256 g/mol. The van der Waals surface area contributed by atoms with Crippen LogP contribution in [-0.4, -0.2) is 32.9 Å². The fraction of sp³-hybridized carbons (Fsp3) is 0.286. The van der Waals surface area contributed by atoms with E-state index in [0.717, 1.165) is 5.56 Å². The predicted octanol–water partition coefficient (Wildman–Crippen LogP) is 2.34. The van der Waals surface area contributed by atoms with E-state index in [-0.39, 0.29) is 17.7 Å². The molecule has 0 saturated carbocycles. The minimum absolute atomic E-state index is 0.176. The number of benzene rings is 1. The summed E-state index contributed by atoms with van der Waals surface area (Å²) in [7, 11) is 1.49. The van der Waals surface area contributed by atoms with Gasteiger partial charge in [-0.1, -0.05) is 11.6 Å². The fourth-order valence-corrected chi connectivity index (χ4v) is 1.73. The van der Waals surface area contributed by atoms with Gasteiger partial charge >= 0.3 is 6.01 Å². The number of hydrogen-bond donors (Lipinski definition) is 1. The minimum Gasteiger partial charge on any atom is -0.507 e. The monoisotopic (exact) mass is 272 g/mol. The van der Waals surface area contributed by atoms with Crippen molar-refractivity contribution in [3.8, 4) is 11.8 Å². The zero-order valence-corrected chi connectivity index (χ0v) is 11.9. The molecule has 1 heterocycles. The maximum atomic E-state index is 9.88. The van der Waals surface area contributed by atoms with Crippen LogP contribution in [0.2, 0.25) is 0 Å². The number of aromatic nitrogens is 3. The molecule has 0 unspecified atom stereocenters. The third kappa shape index (κ3) is 3.09. The first-order valence-corrected chi connectivity index (χ1v) is 6.11. The number of nitrogens with zero attached hydrogens (tertiary/aromatic N) is 4. The van der Waals surface area contributed by atoms with Gasteiger partial charge in [-0.15, -0.1) is 0 Å². The van der Waals surface area contributed by atoms with Crippen LogP contribution in [-0.2, 0) is 0 Å². The third-order valence-corrected chi connectivity index (χ3v) is 2.71. The lowest BCUT2D eigenvalue weighted by molar-refractivity contribution is 0.377. The van der Waals surface area contributed by atoms with E-state index in [0.29, 0.717) is 17.1 Å². The maximum absolute atomic E-state index is 9.88. The topological polar surface area (TPSA) is 80.5 Å². The average Bonchev–Trinajstić information content (AvgIpc) is 2.40. The molecule has 0 aliphatic rings. The largest absolute Gasteiger partial charge is 0.507 e. The van der Waals surface area contributed by atoms with E-state index in [1.54, 1.807) is 19.9 Å². The van der Waals surface area contributed by atoms with Crippen molar-refractivity contribution in [2.75, 3.05) is 7.11 Å². The number of rotatable bonds is 3. The van der Waals surface area contributed by atoms with Crippen LogP contribution in [0.3, 0.4) is 0 Å². The first kappa shape index (κ1) is 13.9. The Morgan fingerprint density at radius 2 is 1.95 bits per heavy atom. The van der Waals surface area contributed by atoms with Crippen LogP contribution in [0.25, 0.3) is 0 Å². The summed E-state index contributed by atoms with van der Waals surface area (Å²) in [6.45, 7) is 5.48. The lowest BCUT2D eigenvalue weighted by Crippen LogP contribution is -2.00. The molecule has 0 aliphatic heterocycles. The van der Waals surface area contributed by atoms with Crippen LogP contribution in [0, 0.1) is 13.8 Å². The summed E-state index contributed by atoms with van der Waals surface area (Å²) in [5.74, 6) is 0.958. The van der Waals surface area contributed by atoms with Crippen LogP contribution >= 0.6 is 0 Å². The number of phenols is 1. The van der Waals surface area contributed by atoms with Gasteiger partial charge in [0.25, 0.3) is 5.95 Å². The maximum Gasteiger partial charge on any atom is 0.321 e. The van der Waals surface area contributed by atoms with Gasteiger partial charge in [-0.3, -0.25) is 0 Å². The smallest absolute Gasteiger partial charge is 0.321 e. The van der Waals surface area contributed by atoms with Gasteiger partial charge < -0.3 is 9.84 Å². The molecule has 1 aromatic heterocycles. The quantitative estimate of drug-likeness (QED) is 0.867. The van der Waals surface area contributed by atoms with Crippen LogP contribution in [0.1, 0.15) is 23.9 Å². The van der Waals surface area contributed by atoms with Crippen LogP contribution in [0.4, 0.5) is 5.95 Å². The summed E-state index contributed by atoms with van der Waals surface area (Å²) in [6, 6.07) is 5.56. The van der Waals surface area contributed by atoms with Gasteiger partial charge in [0, 0.05) is 5.56 Å². The lowest BCUT2D eigenvalue weighted by atomic mass is 10.1. The third-order valence-electron chi connectivity index (χ3n) is 2.71. The number of phenolic OH excluding ortho intramolecular Hbond substituents is 1. The Morgan fingerprint density at radius 3 is 2.65 bits per heavy atom. The molecule has 0 fully saturated rings. The Morgan fingerprint density at radius 1 is 1.20 bits per heavy atom. The van der Waals surface area contributed by atoms with Gasteiger partial charge in [-0.2, -0.15) is 15.0 Å². The number of aromatic hydroxyl groups is 1. The molecule has 1 N–H and O–H groups in total. The standard InChI is InChI=1S/C14H16N4O2/c1-8-5-6-12(19)11(7-8)9(2)15-13-16-10(3)17-14(18-13)20-4/h5-7,19H,1-4H3/b15-9+. The zero-order valence-electron chi connectivity index (χ0n) is 11.9. The van der Waals surface area contributed by atoms with Gasteiger partial charge in [0.2, 0.25) is 0 Å². The summed E-state index contributed by atoms with van der Waals surface area (Å²) in [5, 5.41) is 9.88. The molecule has 6 heteroatoms. The zero-order chi connectivity index (χ0) is 14.7. The van der Waals surface area contributed by atoms with E-state index in [2.05, 4.69) is 19.9 Å². The highest BCUT2D eigenvalue weighted by atomic mass is 16.5. The minimum atomic E-state index is 0.176. The van der Waals surface area contributed by atoms with Crippen molar-refractivity contribution in [1.82, 2.24) is 15.0 Å². The van der Waals surface area contributed by atoms with Gasteiger partial charge in [0.15, 0.2) is 0 Å². The summed E-state index contributed by atoms with van der Waals surface area (Å²) in [6.07, 6.45) is 0. The number of hydrogen-bond acceptors (Lipinski definition) is 6. The second-order valence-corrected chi connectivity index (χ2v) is 4.39. The molecule has 0 bridgehead atoms. The highest BCUT2D eigenvalue weighted by Crippen LogP contribution is 2.21. The SMILES string of the molecule is COc1nc(C)nc(/N=C(\C)c2cc(C)ccc2O)n1. The molecule has 20 heavy (non-hydrogen) atoms. The van der Waals surface area contributed by atoms with Gasteiger partial charge in [-0.05, 0) is 32.9 Å². The van der Waals surface area contributed by atoms with Gasteiger partial charge in [-0.25, -0.2) is 4.99 Å². The number of aryl methyl sites for hydroxylation is 2. The molecule has 104 valence electrons. The van der Waals surface area contributed by atoms with Crippen molar-refractivity contribution >= 4 is 11.7 Å². The number of ether oxygens (including phenoxy) is 1. The summed E-state index contributed by atoms with van der Waals surface area (Å²) < 4.78 is 4.98. The van der Waals surface area contributed by atoms with Crippen LogP contribution in [0.5, 0.6) is 11.8 Å². The molecule has 2 aromatic rings.